The molecule has 0 N–H and O–H groups in total. The van der Waals surface area contributed by atoms with E-state index < -0.39 is 5.72 Å². The van der Waals surface area contributed by atoms with Crippen molar-refractivity contribution in [2.75, 3.05) is 19.1 Å². The minimum atomic E-state index is -0.717. The summed E-state index contributed by atoms with van der Waals surface area (Å²) >= 11 is 0. The van der Waals surface area contributed by atoms with Gasteiger partial charge < -0.3 is 14.4 Å². The van der Waals surface area contributed by atoms with Crippen molar-refractivity contribution >= 4 is 28.2 Å². The molecule has 1 atom stereocenters. The Bertz CT molecular complexity index is 1250. The lowest BCUT2D eigenvalue weighted by atomic mass is 9.76. The molecule has 0 aliphatic carbocycles. The molecule has 0 aromatic heterocycles. The molecule has 1 unspecified atom stereocenters. The van der Waals surface area contributed by atoms with Gasteiger partial charge >= 0.3 is 0 Å². The highest BCUT2D eigenvalue weighted by atomic mass is 16.6. The Morgan fingerprint density at radius 2 is 1.90 bits per heavy atom. The van der Waals surface area contributed by atoms with E-state index in [4.69, 9.17) is 9.47 Å². The van der Waals surface area contributed by atoms with Gasteiger partial charge in [0.05, 0.1) is 17.4 Å². The van der Waals surface area contributed by atoms with Crippen LogP contribution in [0.25, 0.3) is 16.8 Å². The second kappa shape index (κ2) is 5.98. The van der Waals surface area contributed by atoms with Crippen LogP contribution < -0.4 is 14.4 Å². The number of nitro groups is 1. The molecule has 2 aliphatic rings. The molecule has 6 nitrogen and oxygen atoms in total. The van der Waals surface area contributed by atoms with Crippen LogP contribution in [0.15, 0.2) is 54.6 Å². The zero-order chi connectivity index (χ0) is 21.3. The summed E-state index contributed by atoms with van der Waals surface area (Å²) in [6, 6.07) is 15.0. The van der Waals surface area contributed by atoms with Gasteiger partial charge in [0.2, 0.25) is 5.72 Å². The molecule has 2 aliphatic heterocycles. The molecule has 6 heteroatoms. The Morgan fingerprint density at radius 3 is 2.60 bits per heavy atom. The first kappa shape index (κ1) is 18.5. The van der Waals surface area contributed by atoms with Gasteiger partial charge in [0.1, 0.15) is 0 Å². The lowest BCUT2D eigenvalue weighted by Gasteiger charge is -2.46. The fraction of sp³-hybridized carbons (Fsp3) is 0.250. The number of benzene rings is 3. The van der Waals surface area contributed by atoms with E-state index in [1.165, 1.54) is 11.6 Å². The summed E-state index contributed by atoms with van der Waals surface area (Å²) in [5.74, 6) is 1.20. The molecule has 2 heterocycles. The van der Waals surface area contributed by atoms with Gasteiger partial charge in [0.15, 0.2) is 11.5 Å². The van der Waals surface area contributed by atoms with Crippen molar-refractivity contribution in [2.45, 2.75) is 25.0 Å². The summed E-state index contributed by atoms with van der Waals surface area (Å²) in [6.45, 7) is 4.36. The van der Waals surface area contributed by atoms with Gasteiger partial charge in [-0.3, -0.25) is 10.1 Å². The Balaban J connectivity index is 1.73. The van der Waals surface area contributed by atoms with Crippen LogP contribution in [0.1, 0.15) is 25.0 Å². The van der Waals surface area contributed by atoms with E-state index in [0.717, 1.165) is 22.0 Å². The number of non-ortho nitro benzene ring substituents is 1. The third-order valence-corrected chi connectivity index (χ3v) is 6.58. The van der Waals surface area contributed by atoms with Crippen LogP contribution in [0, 0.1) is 10.1 Å². The first-order chi connectivity index (χ1) is 14.3. The van der Waals surface area contributed by atoms with Gasteiger partial charge in [-0.05, 0) is 60.5 Å². The summed E-state index contributed by atoms with van der Waals surface area (Å²) in [4.78, 5) is 13.0. The van der Waals surface area contributed by atoms with E-state index in [1.54, 1.807) is 19.2 Å². The summed E-state index contributed by atoms with van der Waals surface area (Å²) in [7, 11) is 3.63. The van der Waals surface area contributed by atoms with E-state index in [9.17, 15) is 10.1 Å². The topological polar surface area (TPSA) is 64.8 Å². The summed E-state index contributed by atoms with van der Waals surface area (Å²) in [6.07, 6.45) is 4.15. The van der Waals surface area contributed by atoms with Crippen molar-refractivity contribution in [2.24, 2.45) is 0 Å². The highest BCUT2D eigenvalue weighted by Crippen LogP contribution is 2.56. The maximum Gasteiger partial charge on any atom is 0.270 e. The van der Waals surface area contributed by atoms with Crippen LogP contribution in [0.4, 0.5) is 11.4 Å². The number of fused-ring (bicyclic) bond motifs is 4. The molecule has 30 heavy (non-hydrogen) atoms. The number of anilines is 1. The van der Waals surface area contributed by atoms with E-state index >= 15 is 0 Å². The van der Waals surface area contributed by atoms with Gasteiger partial charge in [0.25, 0.3) is 5.69 Å². The predicted octanol–water partition coefficient (Wildman–Crippen LogP) is 5.29. The smallest absolute Gasteiger partial charge is 0.270 e. The zero-order valence-electron chi connectivity index (χ0n) is 17.3. The number of hydrogen-bond acceptors (Lipinski definition) is 5. The van der Waals surface area contributed by atoms with Gasteiger partial charge in [-0.15, -0.1) is 0 Å². The molecule has 0 radical (unpaired) electrons. The Hall–Kier alpha value is -3.54. The quantitative estimate of drug-likeness (QED) is 0.431. The molecule has 0 saturated heterocycles. The third kappa shape index (κ3) is 2.19. The van der Waals surface area contributed by atoms with Crippen molar-refractivity contribution in [1.29, 1.82) is 0 Å². The van der Waals surface area contributed by atoms with Crippen LogP contribution in [0.2, 0.25) is 0 Å². The number of nitro benzene ring substituents is 1. The van der Waals surface area contributed by atoms with Gasteiger partial charge in [-0.1, -0.05) is 18.2 Å². The molecule has 0 bridgehead atoms. The lowest BCUT2D eigenvalue weighted by Crippen LogP contribution is -2.58. The highest BCUT2D eigenvalue weighted by molar-refractivity contribution is 5.97. The molecule has 0 amide bonds. The molecule has 152 valence electrons. The van der Waals surface area contributed by atoms with Gasteiger partial charge in [0, 0.05) is 30.4 Å². The van der Waals surface area contributed by atoms with E-state index in [0.29, 0.717) is 11.5 Å². The van der Waals surface area contributed by atoms with Crippen molar-refractivity contribution in [3.05, 3.63) is 75.8 Å². The standard InChI is InChI=1S/C24H22N2O4/c1-23(2)19-7-5-6-8-20(19)25(3)24(23)12-11-18-17-10-9-16(26(27)28)13-15(17)14-21(29-4)22(18)30-24/h5-14H,1-4H3. The molecule has 3 aromatic rings. The summed E-state index contributed by atoms with van der Waals surface area (Å²) in [5, 5.41) is 12.8. The monoisotopic (exact) mass is 402 g/mol. The molecular formula is C24H22N2O4. The minimum absolute atomic E-state index is 0.0498. The second-order valence-corrected chi connectivity index (χ2v) is 8.32. The van der Waals surface area contributed by atoms with Crippen LogP contribution in [0.3, 0.4) is 0 Å². The number of rotatable bonds is 2. The average molecular weight is 402 g/mol. The molecule has 1 spiro atoms. The normalized spacial score (nSPS) is 20.7. The first-order valence-electron chi connectivity index (χ1n) is 9.81. The van der Waals surface area contributed by atoms with Gasteiger partial charge in [-0.25, -0.2) is 0 Å². The molecule has 3 aromatic carbocycles. The van der Waals surface area contributed by atoms with Crippen molar-refractivity contribution in [1.82, 2.24) is 0 Å². The molecule has 5 rings (SSSR count). The molecule has 0 saturated carbocycles. The Labute approximate surface area is 174 Å². The molecular weight excluding hydrogens is 380 g/mol. The number of para-hydroxylation sites is 1. The zero-order valence-corrected chi connectivity index (χ0v) is 17.3. The number of nitrogens with zero attached hydrogens (tertiary/aromatic N) is 2. The maximum atomic E-state index is 11.2. The largest absolute Gasteiger partial charge is 0.493 e. The van der Waals surface area contributed by atoms with Crippen LogP contribution in [-0.2, 0) is 5.41 Å². The number of hydrogen-bond donors (Lipinski definition) is 0. The summed E-state index contributed by atoms with van der Waals surface area (Å²) < 4.78 is 12.4. The van der Waals surface area contributed by atoms with Crippen molar-refractivity contribution in [3.63, 3.8) is 0 Å². The minimum Gasteiger partial charge on any atom is -0.493 e. The van der Waals surface area contributed by atoms with Crippen LogP contribution in [-0.4, -0.2) is 24.8 Å². The number of likely N-dealkylation sites (N-methyl/N-ethyl adjacent to an activating group) is 1. The van der Waals surface area contributed by atoms with Crippen LogP contribution in [0.5, 0.6) is 11.5 Å². The van der Waals surface area contributed by atoms with Crippen molar-refractivity contribution < 1.29 is 14.4 Å². The summed E-state index contributed by atoms with van der Waals surface area (Å²) in [5.41, 5.74) is 2.23. The van der Waals surface area contributed by atoms with E-state index in [-0.39, 0.29) is 16.0 Å². The Morgan fingerprint density at radius 1 is 1.13 bits per heavy atom. The second-order valence-electron chi connectivity index (χ2n) is 8.32. The lowest BCUT2D eigenvalue weighted by molar-refractivity contribution is -0.384. The highest BCUT2D eigenvalue weighted by Gasteiger charge is 2.57. The van der Waals surface area contributed by atoms with Crippen LogP contribution >= 0.6 is 0 Å². The maximum absolute atomic E-state index is 11.2. The fourth-order valence-corrected chi connectivity index (χ4v) is 4.90. The predicted molar refractivity (Wildman–Crippen MR) is 117 cm³/mol. The Kier molecular flexibility index (Phi) is 3.69. The number of methoxy groups -OCH3 is 1. The average Bonchev–Trinajstić information content (AvgIpc) is 2.91. The molecule has 0 fully saturated rings. The van der Waals surface area contributed by atoms with E-state index in [2.05, 4.69) is 49.1 Å². The van der Waals surface area contributed by atoms with Crippen molar-refractivity contribution in [3.8, 4) is 11.5 Å². The third-order valence-electron chi connectivity index (χ3n) is 6.58. The fourth-order valence-electron chi connectivity index (χ4n) is 4.90. The van der Waals surface area contributed by atoms with E-state index in [1.807, 2.05) is 19.2 Å². The number of ether oxygens (including phenoxy) is 2. The first-order valence-corrected chi connectivity index (χ1v) is 9.81. The van der Waals surface area contributed by atoms with Gasteiger partial charge in [-0.2, -0.15) is 0 Å². The SMILES string of the molecule is COc1cc2cc([N+](=O)[O-])ccc2c2c1OC1(C=C2)N(C)c2ccccc2C1(C)C.